The number of benzene rings is 1. The molecule has 0 unspecified atom stereocenters. The Hall–Kier alpha value is -0.900. The van der Waals surface area contributed by atoms with Crippen LogP contribution in [0, 0.1) is 0 Å². The van der Waals surface area contributed by atoms with Gasteiger partial charge in [0.1, 0.15) is 0 Å². The summed E-state index contributed by atoms with van der Waals surface area (Å²) in [5, 5.41) is 9.88. The van der Waals surface area contributed by atoms with Crippen LogP contribution in [0.3, 0.4) is 0 Å². The molecule has 0 amide bonds. The van der Waals surface area contributed by atoms with E-state index >= 15 is 0 Å². The van der Waals surface area contributed by atoms with Crippen molar-refractivity contribution >= 4 is 0 Å². The number of hydrogen-bond donors (Lipinski definition) is 1. The van der Waals surface area contributed by atoms with Crippen LogP contribution in [0.2, 0.25) is 0 Å². The molecule has 100 valence electrons. The van der Waals surface area contributed by atoms with Gasteiger partial charge >= 0.3 is 0 Å². The van der Waals surface area contributed by atoms with Gasteiger partial charge in [-0.1, -0.05) is 30.3 Å². The second-order valence-corrected chi connectivity index (χ2v) is 5.20. The number of aliphatic hydroxyl groups is 1. The molecule has 0 bridgehead atoms. The predicted octanol–water partition coefficient (Wildman–Crippen LogP) is 2.52. The van der Waals surface area contributed by atoms with E-state index in [9.17, 15) is 5.11 Å². The molecule has 0 spiro atoms. The normalized spacial score (nSPS) is 32.4. The molecule has 3 atom stereocenters. The van der Waals surface area contributed by atoms with Crippen LogP contribution in [0.5, 0.6) is 0 Å². The van der Waals surface area contributed by atoms with E-state index in [1.54, 1.807) is 7.11 Å². The summed E-state index contributed by atoms with van der Waals surface area (Å²) in [4.78, 5) is 0. The quantitative estimate of drug-likeness (QED) is 0.892. The van der Waals surface area contributed by atoms with Gasteiger partial charge in [-0.25, -0.2) is 0 Å². The molecule has 0 radical (unpaired) electrons. The maximum atomic E-state index is 9.88. The van der Waals surface area contributed by atoms with E-state index < -0.39 is 5.79 Å². The second kappa shape index (κ2) is 5.83. The lowest BCUT2D eigenvalue weighted by Crippen LogP contribution is -2.45. The number of methoxy groups -OCH3 is 1. The first-order valence-corrected chi connectivity index (χ1v) is 6.56. The molecule has 3 nitrogen and oxygen atoms in total. The number of aryl methyl sites for hydroxylation is 1. The van der Waals surface area contributed by atoms with Crippen molar-refractivity contribution in [3.8, 4) is 0 Å². The highest BCUT2D eigenvalue weighted by Gasteiger charge is 2.37. The van der Waals surface area contributed by atoms with Crippen LogP contribution in [0.25, 0.3) is 0 Å². The SMILES string of the molecule is CO[C@]1(C)C[C@@H](O)C[C@@H](CCc2ccccc2)O1. The van der Waals surface area contributed by atoms with E-state index in [1.165, 1.54) is 5.56 Å². The highest BCUT2D eigenvalue weighted by Crippen LogP contribution is 2.31. The van der Waals surface area contributed by atoms with Gasteiger partial charge in [-0.2, -0.15) is 0 Å². The molecule has 3 heteroatoms. The maximum Gasteiger partial charge on any atom is 0.167 e. The Labute approximate surface area is 109 Å². The third-order valence-electron chi connectivity index (χ3n) is 3.59. The minimum absolute atomic E-state index is 0.0684. The van der Waals surface area contributed by atoms with E-state index in [0.29, 0.717) is 12.8 Å². The summed E-state index contributed by atoms with van der Waals surface area (Å²) in [6.45, 7) is 1.89. The van der Waals surface area contributed by atoms with Crippen molar-refractivity contribution in [2.45, 2.75) is 50.6 Å². The van der Waals surface area contributed by atoms with Crippen LogP contribution in [0.4, 0.5) is 0 Å². The van der Waals surface area contributed by atoms with Gasteiger partial charge in [0.25, 0.3) is 0 Å². The van der Waals surface area contributed by atoms with Crippen molar-refractivity contribution in [3.05, 3.63) is 35.9 Å². The van der Waals surface area contributed by atoms with Crippen molar-refractivity contribution in [3.63, 3.8) is 0 Å². The third-order valence-corrected chi connectivity index (χ3v) is 3.59. The van der Waals surface area contributed by atoms with Crippen LogP contribution in [-0.4, -0.2) is 30.2 Å². The smallest absolute Gasteiger partial charge is 0.167 e. The Kier molecular flexibility index (Phi) is 4.38. The van der Waals surface area contributed by atoms with Gasteiger partial charge in [-0.05, 0) is 31.7 Å². The predicted molar refractivity (Wildman–Crippen MR) is 70.3 cm³/mol. The highest BCUT2D eigenvalue weighted by molar-refractivity contribution is 5.14. The van der Waals surface area contributed by atoms with Crippen LogP contribution in [-0.2, 0) is 15.9 Å². The van der Waals surface area contributed by atoms with Crippen LogP contribution in [0.1, 0.15) is 31.7 Å². The van der Waals surface area contributed by atoms with E-state index in [-0.39, 0.29) is 12.2 Å². The van der Waals surface area contributed by atoms with Gasteiger partial charge in [-0.15, -0.1) is 0 Å². The van der Waals surface area contributed by atoms with Crippen molar-refractivity contribution in [1.82, 2.24) is 0 Å². The Morgan fingerprint density at radius 2 is 2.11 bits per heavy atom. The lowest BCUT2D eigenvalue weighted by molar-refractivity contribution is -0.275. The molecule has 0 aromatic heterocycles. The Bertz CT molecular complexity index is 365. The molecule has 1 fully saturated rings. The van der Waals surface area contributed by atoms with Crippen LogP contribution >= 0.6 is 0 Å². The van der Waals surface area contributed by atoms with Gasteiger partial charge in [0.2, 0.25) is 0 Å². The Morgan fingerprint density at radius 3 is 2.78 bits per heavy atom. The zero-order valence-corrected chi connectivity index (χ0v) is 11.1. The van der Waals surface area contributed by atoms with Gasteiger partial charge in [0.15, 0.2) is 5.79 Å². The molecule has 1 aromatic carbocycles. The molecule has 18 heavy (non-hydrogen) atoms. The lowest BCUT2D eigenvalue weighted by Gasteiger charge is -2.40. The largest absolute Gasteiger partial charge is 0.393 e. The first-order valence-electron chi connectivity index (χ1n) is 6.56. The fourth-order valence-electron chi connectivity index (χ4n) is 2.54. The number of aliphatic hydroxyl groups excluding tert-OH is 1. The zero-order valence-electron chi connectivity index (χ0n) is 11.1. The molecule has 1 aliphatic rings. The number of ether oxygens (including phenoxy) is 2. The standard InChI is InChI=1S/C15H22O3/c1-15(17-2)11-13(16)10-14(18-15)9-8-12-6-4-3-5-7-12/h3-7,13-14,16H,8-11H2,1-2H3/t13-,14+,15-/m0/s1. The molecular formula is C15H22O3. The molecule has 2 rings (SSSR count). The molecule has 0 saturated carbocycles. The first kappa shape index (κ1) is 13.5. The number of rotatable bonds is 4. The molecule has 1 aliphatic heterocycles. The Morgan fingerprint density at radius 1 is 1.39 bits per heavy atom. The minimum atomic E-state index is -0.640. The molecule has 1 aromatic rings. The van der Waals surface area contributed by atoms with Gasteiger partial charge in [0.05, 0.1) is 12.2 Å². The molecule has 0 aliphatic carbocycles. The van der Waals surface area contributed by atoms with Gasteiger partial charge < -0.3 is 14.6 Å². The summed E-state index contributed by atoms with van der Waals surface area (Å²) >= 11 is 0. The van der Waals surface area contributed by atoms with E-state index in [4.69, 9.17) is 9.47 Å². The average molecular weight is 250 g/mol. The summed E-state index contributed by atoms with van der Waals surface area (Å²) in [5.74, 6) is -0.640. The summed E-state index contributed by atoms with van der Waals surface area (Å²) in [5.41, 5.74) is 1.31. The molecule has 1 heterocycles. The fourth-order valence-corrected chi connectivity index (χ4v) is 2.54. The van der Waals surface area contributed by atoms with Crippen LogP contribution in [0.15, 0.2) is 30.3 Å². The average Bonchev–Trinajstić information content (AvgIpc) is 2.37. The van der Waals surface area contributed by atoms with E-state index in [2.05, 4.69) is 12.1 Å². The summed E-state index contributed by atoms with van der Waals surface area (Å²) < 4.78 is 11.3. The monoisotopic (exact) mass is 250 g/mol. The Balaban J connectivity index is 1.89. The highest BCUT2D eigenvalue weighted by atomic mass is 16.7. The summed E-state index contributed by atoms with van der Waals surface area (Å²) in [7, 11) is 1.63. The van der Waals surface area contributed by atoms with Gasteiger partial charge in [-0.3, -0.25) is 0 Å². The molecular weight excluding hydrogens is 228 g/mol. The zero-order chi connectivity index (χ0) is 13.0. The topological polar surface area (TPSA) is 38.7 Å². The van der Waals surface area contributed by atoms with Gasteiger partial charge in [0, 0.05) is 13.5 Å². The summed E-state index contributed by atoms with van der Waals surface area (Å²) in [6, 6.07) is 10.4. The maximum absolute atomic E-state index is 9.88. The minimum Gasteiger partial charge on any atom is -0.393 e. The van der Waals surface area contributed by atoms with Crippen molar-refractivity contribution in [1.29, 1.82) is 0 Å². The molecule has 1 N–H and O–H groups in total. The van der Waals surface area contributed by atoms with Crippen molar-refractivity contribution in [2.75, 3.05) is 7.11 Å². The third kappa shape index (κ3) is 3.55. The van der Waals surface area contributed by atoms with E-state index in [1.807, 2.05) is 25.1 Å². The summed E-state index contributed by atoms with van der Waals surface area (Å²) in [6.07, 6.45) is 2.87. The fraction of sp³-hybridized carbons (Fsp3) is 0.600. The first-order chi connectivity index (χ1) is 8.61. The van der Waals surface area contributed by atoms with Crippen molar-refractivity contribution < 1.29 is 14.6 Å². The number of hydrogen-bond acceptors (Lipinski definition) is 3. The lowest BCUT2D eigenvalue weighted by atomic mass is 9.95. The van der Waals surface area contributed by atoms with Crippen molar-refractivity contribution in [2.24, 2.45) is 0 Å². The molecule has 1 saturated heterocycles. The van der Waals surface area contributed by atoms with E-state index in [0.717, 1.165) is 12.8 Å². The van der Waals surface area contributed by atoms with Crippen LogP contribution < -0.4 is 0 Å². The second-order valence-electron chi connectivity index (χ2n) is 5.20.